The Kier molecular flexibility index (Phi) is 13.4. The van der Waals surface area contributed by atoms with Gasteiger partial charge in [0.2, 0.25) is 16.6 Å². The lowest BCUT2D eigenvalue weighted by Gasteiger charge is -2.44. The molecule has 0 aliphatic heterocycles. The molecule has 0 amide bonds. The number of hydrogen-bond acceptors (Lipinski definition) is 8. The van der Waals surface area contributed by atoms with Crippen LogP contribution in [0.2, 0.25) is 118 Å². The third-order valence-electron chi connectivity index (χ3n) is 4.14. The Morgan fingerprint density at radius 2 is 0.579 bits per heavy atom. The van der Waals surface area contributed by atoms with Crippen molar-refractivity contribution in [3.8, 4) is 0 Å². The number of carbonyl (C=O) groups is 2. The molecule has 0 aliphatic carbocycles. The molecule has 0 spiro atoms. The predicted octanol–water partition coefficient (Wildman–Crippen LogP) is 6.62. The lowest BCUT2D eigenvalue weighted by Crippen LogP contribution is -2.62. The van der Waals surface area contributed by atoms with Gasteiger partial charge in [0.05, 0.1) is 0 Å². The van der Waals surface area contributed by atoms with E-state index in [4.69, 9.17) is 26.6 Å². The first-order chi connectivity index (χ1) is 16.4. The SMILES string of the molecule is C[Si](C)(C)OC(=O)[C@H](O[Si](C)(C)C)[C@@H](O[Si](C)(C)C)[C@H](O[Si](C)(C)C)[C@@H](O[Si](C)(C)C)C(=O)O[Si](C)(C)C. The molecule has 0 rings (SSSR count). The summed E-state index contributed by atoms with van der Waals surface area (Å²) in [5, 5.41) is 0. The smallest absolute Gasteiger partial charge is 0.323 e. The Morgan fingerprint density at radius 1 is 0.368 bits per heavy atom. The average Bonchev–Trinajstić information content (AvgIpc) is 2.54. The van der Waals surface area contributed by atoms with Crippen LogP contribution in [0, 0.1) is 0 Å². The summed E-state index contributed by atoms with van der Waals surface area (Å²) in [4.78, 5) is 27.6. The molecule has 0 aromatic carbocycles. The second-order valence-corrected chi connectivity index (χ2v) is 42.5. The second-order valence-electron chi connectivity index (χ2n) is 15.8. The monoisotopic (exact) mass is 642 g/mol. The molecule has 0 fully saturated rings. The van der Waals surface area contributed by atoms with E-state index in [1.807, 2.05) is 78.6 Å². The molecule has 38 heavy (non-hydrogen) atoms. The first-order valence-electron chi connectivity index (χ1n) is 13.6. The summed E-state index contributed by atoms with van der Waals surface area (Å²) < 4.78 is 38.6. The van der Waals surface area contributed by atoms with Gasteiger partial charge >= 0.3 is 11.9 Å². The van der Waals surface area contributed by atoms with E-state index >= 15 is 0 Å². The number of hydrogen-bond donors (Lipinski definition) is 0. The molecule has 0 saturated heterocycles. The summed E-state index contributed by atoms with van der Waals surface area (Å²) >= 11 is 0. The van der Waals surface area contributed by atoms with Crippen LogP contribution in [-0.2, 0) is 36.1 Å². The van der Waals surface area contributed by atoms with Gasteiger partial charge in [-0.1, -0.05) is 0 Å². The molecular weight excluding hydrogens is 585 g/mol. The van der Waals surface area contributed by atoms with Crippen molar-refractivity contribution in [3.63, 3.8) is 0 Å². The van der Waals surface area contributed by atoms with E-state index in [0.29, 0.717) is 0 Å². The standard InChI is InChI=1S/C24H58O8Si6/c1-33(2,3)27-19(21(29-35(7,8)9)23(25)31-37(13,14)15)20(28-34(4,5)6)22(30-36(10,11)12)24(26)32-38(16,17)18/h19-22H,1-18H3/t19-,20-,21+,22+/m0/s1. The second kappa shape index (κ2) is 13.4. The molecule has 0 saturated carbocycles. The third-order valence-corrected chi connectivity index (χ3v) is 9.65. The summed E-state index contributed by atoms with van der Waals surface area (Å²) in [6, 6.07) is 0. The zero-order valence-corrected chi connectivity index (χ0v) is 33.6. The van der Waals surface area contributed by atoms with Gasteiger partial charge in [-0.15, -0.1) is 0 Å². The number of carbonyl (C=O) groups excluding carboxylic acids is 2. The van der Waals surface area contributed by atoms with Crippen molar-refractivity contribution in [2.24, 2.45) is 0 Å². The zero-order valence-electron chi connectivity index (χ0n) is 27.6. The molecule has 0 radical (unpaired) electrons. The molecule has 14 heteroatoms. The van der Waals surface area contributed by atoms with Crippen molar-refractivity contribution in [1.29, 1.82) is 0 Å². The molecule has 8 nitrogen and oxygen atoms in total. The zero-order chi connectivity index (χ0) is 30.7. The highest BCUT2D eigenvalue weighted by atomic mass is 28.4. The Balaban J connectivity index is 7.27. The molecule has 0 aliphatic rings. The van der Waals surface area contributed by atoms with Crippen molar-refractivity contribution in [2.45, 2.75) is 142 Å². The van der Waals surface area contributed by atoms with Gasteiger partial charge in [-0.3, -0.25) is 9.59 Å². The maximum absolute atomic E-state index is 13.8. The fourth-order valence-electron chi connectivity index (χ4n) is 3.40. The highest BCUT2D eigenvalue weighted by Gasteiger charge is 2.51. The highest BCUT2D eigenvalue weighted by molar-refractivity contribution is 6.73. The van der Waals surface area contributed by atoms with E-state index in [9.17, 15) is 9.59 Å². The van der Waals surface area contributed by atoms with Crippen LogP contribution in [0.5, 0.6) is 0 Å². The summed E-state index contributed by atoms with van der Waals surface area (Å²) in [6.45, 7) is 36.2. The van der Waals surface area contributed by atoms with E-state index in [1.165, 1.54) is 0 Å². The summed E-state index contributed by atoms with van der Waals surface area (Å²) in [5.74, 6) is -0.936. The van der Waals surface area contributed by atoms with Gasteiger partial charge in [-0.05, 0) is 118 Å². The molecule has 0 heterocycles. The van der Waals surface area contributed by atoms with Crippen molar-refractivity contribution in [1.82, 2.24) is 0 Å². The molecule has 0 aromatic heterocycles. The molecule has 0 aromatic rings. The Labute approximate surface area is 239 Å². The van der Waals surface area contributed by atoms with Crippen LogP contribution < -0.4 is 0 Å². The van der Waals surface area contributed by atoms with E-state index in [2.05, 4.69) is 39.3 Å². The number of rotatable bonds is 15. The van der Waals surface area contributed by atoms with Gasteiger partial charge in [-0.25, -0.2) is 0 Å². The van der Waals surface area contributed by atoms with Gasteiger partial charge in [-0.2, -0.15) is 0 Å². The van der Waals surface area contributed by atoms with E-state index in [-0.39, 0.29) is 0 Å². The quantitative estimate of drug-likeness (QED) is 0.184. The average molecular weight is 643 g/mol. The molecule has 226 valence electrons. The highest BCUT2D eigenvalue weighted by Crippen LogP contribution is 2.30. The van der Waals surface area contributed by atoms with E-state index in [0.717, 1.165) is 0 Å². The van der Waals surface area contributed by atoms with E-state index < -0.39 is 86.3 Å². The Morgan fingerprint density at radius 3 is 0.737 bits per heavy atom. The largest absolute Gasteiger partial charge is 0.518 e. The third kappa shape index (κ3) is 17.7. The summed E-state index contributed by atoms with van der Waals surface area (Å²) in [7, 11) is -13.7. The maximum atomic E-state index is 13.8. The van der Waals surface area contributed by atoms with Crippen molar-refractivity contribution < 1.29 is 36.1 Å². The van der Waals surface area contributed by atoms with Gasteiger partial charge in [0.15, 0.2) is 45.5 Å². The van der Waals surface area contributed by atoms with Crippen LogP contribution in [0.15, 0.2) is 0 Å². The molecule has 0 bridgehead atoms. The van der Waals surface area contributed by atoms with Crippen molar-refractivity contribution >= 4 is 61.8 Å². The first kappa shape index (κ1) is 38.1. The lowest BCUT2D eigenvalue weighted by atomic mass is 10.0. The molecular formula is C24H58O8Si6. The van der Waals surface area contributed by atoms with Gasteiger partial charge in [0.25, 0.3) is 0 Å². The van der Waals surface area contributed by atoms with Crippen LogP contribution in [0.25, 0.3) is 0 Å². The lowest BCUT2D eigenvalue weighted by molar-refractivity contribution is -0.164. The minimum Gasteiger partial charge on any atom is -0.518 e. The topological polar surface area (TPSA) is 89.5 Å². The van der Waals surface area contributed by atoms with Crippen LogP contribution in [0.1, 0.15) is 0 Å². The minimum absolute atomic E-state index is 0.468. The van der Waals surface area contributed by atoms with Gasteiger partial charge in [0.1, 0.15) is 12.2 Å². The fourth-order valence-corrected chi connectivity index (χ4v) is 8.97. The van der Waals surface area contributed by atoms with Crippen molar-refractivity contribution in [3.05, 3.63) is 0 Å². The van der Waals surface area contributed by atoms with Crippen LogP contribution in [0.4, 0.5) is 0 Å². The van der Waals surface area contributed by atoms with Gasteiger partial charge < -0.3 is 26.6 Å². The molecule has 4 atom stereocenters. The molecule has 0 N–H and O–H groups in total. The predicted molar refractivity (Wildman–Crippen MR) is 172 cm³/mol. The summed E-state index contributed by atoms with van der Waals surface area (Å²) in [5.41, 5.74) is 0. The van der Waals surface area contributed by atoms with Crippen LogP contribution >= 0.6 is 0 Å². The van der Waals surface area contributed by atoms with Crippen LogP contribution in [0.3, 0.4) is 0 Å². The fraction of sp³-hybridized carbons (Fsp3) is 0.917. The molecule has 0 unspecified atom stereocenters. The Bertz CT molecular complexity index is 717. The normalized spacial score (nSPS) is 17.4. The Hall–Kier alpha value is 0.0813. The minimum atomic E-state index is -2.30. The maximum Gasteiger partial charge on any atom is 0.323 e. The van der Waals surface area contributed by atoms with E-state index in [1.54, 1.807) is 0 Å². The van der Waals surface area contributed by atoms with Crippen LogP contribution in [-0.4, -0.2) is 86.3 Å². The summed E-state index contributed by atoms with van der Waals surface area (Å²) in [6.07, 6.45) is -3.93. The van der Waals surface area contributed by atoms with Gasteiger partial charge in [0, 0.05) is 0 Å². The van der Waals surface area contributed by atoms with Crippen molar-refractivity contribution in [2.75, 3.05) is 0 Å². The first-order valence-corrected chi connectivity index (χ1v) is 34.0.